The van der Waals surface area contributed by atoms with Gasteiger partial charge in [0.1, 0.15) is 24.8 Å². The van der Waals surface area contributed by atoms with Crippen molar-refractivity contribution in [3.63, 3.8) is 0 Å². The second kappa shape index (κ2) is 7.67. The van der Waals surface area contributed by atoms with Crippen LogP contribution in [0.25, 0.3) is 5.69 Å². The maximum absolute atomic E-state index is 14.3. The summed E-state index contributed by atoms with van der Waals surface area (Å²) in [6.45, 7) is 0.236. The van der Waals surface area contributed by atoms with Crippen molar-refractivity contribution in [2.75, 3.05) is 6.61 Å². The molecule has 0 unspecified atom stereocenters. The van der Waals surface area contributed by atoms with Gasteiger partial charge in [-0.1, -0.05) is 12.1 Å². The average Bonchev–Trinajstić information content (AvgIpc) is 3.44. The summed E-state index contributed by atoms with van der Waals surface area (Å²) in [5.74, 6) is -0.561. The van der Waals surface area contributed by atoms with E-state index in [4.69, 9.17) is 9.47 Å². The smallest absolute Gasteiger partial charge is 0.258 e. The van der Waals surface area contributed by atoms with Gasteiger partial charge in [0.05, 0.1) is 11.3 Å². The summed E-state index contributed by atoms with van der Waals surface area (Å²) in [6, 6.07) is 13.0. The van der Waals surface area contributed by atoms with Gasteiger partial charge in [0, 0.05) is 18.3 Å². The SMILES string of the molecule is O=c1cc(OCc2ccc(F)cc2)ccn1-c1ccc(OCC2(O)CC2)c(F)c1. The Labute approximate surface area is 165 Å². The molecule has 1 aliphatic rings. The molecule has 150 valence electrons. The standard InChI is InChI=1S/C22H19F2NO4/c23-16-3-1-15(2-4-16)13-28-18-7-10-25(21(26)12-18)17-5-6-20(19(24)11-17)29-14-22(27)8-9-22/h1-7,10-12,27H,8-9,13-14H2. The predicted octanol–water partition coefficient (Wildman–Crippen LogP) is 3.60. The fourth-order valence-corrected chi connectivity index (χ4v) is 2.77. The molecule has 0 bridgehead atoms. The van der Waals surface area contributed by atoms with E-state index in [9.17, 15) is 18.7 Å². The lowest BCUT2D eigenvalue weighted by Crippen LogP contribution is -2.19. The van der Waals surface area contributed by atoms with E-state index < -0.39 is 11.4 Å². The van der Waals surface area contributed by atoms with E-state index in [1.807, 2.05) is 0 Å². The number of pyridine rings is 1. The second-order valence-corrected chi connectivity index (χ2v) is 7.11. The Morgan fingerprint density at radius 2 is 1.76 bits per heavy atom. The first kappa shape index (κ1) is 19.1. The number of ether oxygens (including phenoxy) is 2. The lowest BCUT2D eigenvalue weighted by Gasteiger charge is -2.13. The minimum Gasteiger partial charge on any atom is -0.489 e. The van der Waals surface area contributed by atoms with Gasteiger partial charge in [-0.2, -0.15) is 0 Å². The molecular weight excluding hydrogens is 380 g/mol. The average molecular weight is 399 g/mol. The molecule has 0 radical (unpaired) electrons. The summed E-state index contributed by atoms with van der Waals surface area (Å²) < 4.78 is 39.4. The van der Waals surface area contributed by atoms with E-state index in [1.165, 1.54) is 41.1 Å². The molecule has 0 amide bonds. The quantitative estimate of drug-likeness (QED) is 0.660. The molecule has 4 rings (SSSR count). The molecule has 29 heavy (non-hydrogen) atoms. The first-order chi connectivity index (χ1) is 13.9. The van der Waals surface area contributed by atoms with Gasteiger partial charge in [0.25, 0.3) is 5.56 Å². The van der Waals surface area contributed by atoms with Crippen molar-refractivity contribution < 1.29 is 23.4 Å². The number of hydrogen-bond acceptors (Lipinski definition) is 4. The van der Waals surface area contributed by atoms with Crippen LogP contribution >= 0.6 is 0 Å². The van der Waals surface area contributed by atoms with E-state index in [2.05, 4.69) is 0 Å². The number of aromatic nitrogens is 1. The van der Waals surface area contributed by atoms with Crippen LogP contribution in [0.2, 0.25) is 0 Å². The fourth-order valence-electron chi connectivity index (χ4n) is 2.77. The Morgan fingerprint density at radius 3 is 2.41 bits per heavy atom. The molecule has 0 spiro atoms. The summed E-state index contributed by atoms with van der Waals surface area (Å²) in [6.07, 6.45) is 2.79. The molecule has 1 aliphatic carbocycles. The van der Waals surface area contributed by atoms with Crippen LogP contribution in [0.4, 0.5) is 8.78 Å². The maximum Gasteiger partial charge on any atom is 0.258 e. The molecule has 0 aliphatic heterocycles. The fraction of sp³-hybridized carbons (Fsp3) is 0.227. The van der Waals surface area contributed by atoms with Crippen molar-refractivity contribution in [1.82, 2.24) is 4.57 Å². The Kier molecular flexibility index (Phi) is 5.07. The third kappa shape index (κ3) is 4.63. The molecule has 2 aromatic carbocycles. The van der Waals surface area contributed by atoms with Crippen LogP contribution in [0.1, 0.15) is 18.4 Å². The van der Waals surface area contributed by atoms with E-state index in [0.717, 1.165) is 5.56 Å². The van der Waals surface area contributed by atoms with Crippen LogP contribution in [0.15, 0.2) is 65.6 Å². The molecular formula is C22H19F2NO4. The molecule has 0 atom stereocenters. The van der Waals surface area contributed by atoms with Gasteiger partial charge in [-0.15, -0.1) is 0 Å². The summed E-state index contributed by atoms with van der Waals surface area (Å²) in [7, 11) is 0. The highest BCUT2D eigenvalue weighted by atomic mass is 19.1. The van der Waals surface area contributed by atoms with Gasteiger partial charge in [-0.05, 0) is 48.7 Å². The summed E-state index contributed by atoms with van der Waals surface area (Å²) in [5.41, 5.74) is -0.118. The van der Waals surface area contributed by atoms with Gasteiger partial charge in [0.15, 0.2) is 11.6 Å². The van der Waals surface area contributed by atoms with Gasteiger partial charge in [-0.3, -0.25) is 9.36 Å². The van der Waals surface area contributed by atoms with Crippen molar-refractivity contribution in [3.05, 3.63) is 88.3 Å². The third-order valence-electron chi connectivity index (χ3n) is 4.73. The van der Waals surface area contributed by atoms with E-state index in [-0.39, 0.29) is 30.3 Å². The Hall–Kier alpha value is -3.19. The highest BCUT2D eigenvalue weighted by Crippen LogP contribution is 2.35. The molecule has 1 saturated carbocycles. The molecule has 3 aromatic rings. The van der Waals surface area contributed by atoms with E-state index >= 15 is 0 Å². The van der Waals surface area contributed by atoms with Crippen LogP contribution in [-0.4, -0.2) is 21.9 Å². The number of benzene rings is 2. The van der Waals surface area contributed by atoms with Crippen LogP contribution in [0.3, 0.4) is 0 Å². The molecule has 1 fully saturated rings. The van der Waals surface area contributed by atoms with Crippen molar-refractivity contribution in [2.45, 2.75) is 25.0 Å². The molecule has 1 heterocycles. The number of hydrogen-bond donors (Lipinski definition) is 1. The lowest BCUT2D eigenvalue weighted by atomic mass is 10.2. The normalized spacial score (nSPS) is 14.4. The highest BCUT2D eigenvalue weighted by Gasteiger charge is 2.41. The predicted molar refractivity (Wildman–Crippen MR) is 102 cm³/mol. The largest absolute Gasteiger partial charge is 0.489 e. The molecule has 7 heteroatoms. The van der Waals surface area contributed by atoms with Crippen molar-refractivity contribution in [1.29, 1.82) is 0 Å². The number of halogens is 2. The van der Waals surface area contributed by atoms with Crippen LogP contribution in [0.5, 0.6) is 11.5 Å². The molecule has 5 nitrogen and oxygen atoms in total. The monoisotopic (exact) mass is 399 g/mol. The van der Waals surface area contributed by atoms with Crippen molar-refractivity contribution in [2.24, 2.45) is 0 Å². The minimum absolute atomic E-state index is 0.0291. The Bertz CT molecular complexity index is 1070. The zero-order chi connectivity index (χ0) is 20.4. The molecule has 1 aromatic heterocycles. The van der Waals surface area contributed by atoms with Gasteiger partial charge < -0.3 is 14.6 Å². The third-order valence-corrected chi connectivity index (χ3v) is 4.73. The van der Waals surface area contributed by atoms with E-state index in [1.54, 1.807) is 24.3 Å². The first-order valence-corrected chi connectivity index (χ1v) is 9.17. The van der Waals surface area contributed by atoms with Crippen LogP contribution in [-0.2, 0) is 6.61 Å². The number of rotatable bonds is 7. The van der Waals surface area contributed by atoms with Gasteiger partial charge in [0.2, 0.25) is 0 Å². The summed E-state index contributed by atoms with van der Waals surface area (Å²) in [5, 5.41) is 9.78. The number of nitrogens with zero attached hydrogens (tertiary/aromatic N) is 1. The van der Waals surface area contributed by atoms with Crippen molar-refractivity contribution in [3.8, 4) is 17.2 Å². The van der Waals surface area contributed by atoms with Crippen LogP contribution in [0, 0.1) is 11.6 Å². The molecule has 0 saturated heterocycles. The highest BCUT2D eigenvalue weighted by molar-refractivity contribution is 5.40. The number of aliphatic hydroxyl groups is 1. The Balaban J connectivity index is 1.45. The lowest BCUT2D eigenvalue weighted by molar-refractivity contribution is 0.0836. The van der Waals surface area contributed by atoms with Crippen LogP contribution < -0.4 is 15.0 Å². The zero-order valence-electron chi connectivity index (χ0n) is 15.5. The first-order valence-electron chi connectivity index (χ1n) is 9.17. The van der Waals surface area contributed by atoms with Gasteiger partial charge >= 0.3 is 0 Å². The topological polar surface area (TPSA) is 60.7 Å². The van der Waals surface area contributed by atoms with E-state index in [0.29, 0.717) is 24.3 Å². The second-order valence-electron chi connectivity index (χ2n) is 7.11. The Morgan fingerprint density at radius 1 is 1.00 bits per heavy atom. The maximum atomic E-state index is 14.3. The summed E-state index contributed by atoms with van der Waals surface area (Å²) >= 11 is 0. The van der Waals surface area contributed by atoms with Crippen molar-refractivity contribution >= 4 is 0 Å². The summed E-state index contributed by atoms with van der Waals surface area (Å²) in [4.78, 5) is 12.4. The molecule has 1 N–H and O–H groups in total. The zero-order valence-corrected chi connectivity index (χ0v) is 15.5. The van der Waals surface area contributed by atoms with Gasteiger partial charge in [-0.25, -0.2) is 8.78 Å². The minimum atomic E-state index is -0.841.